The third-order valence-corrected chi connectivity index (χ3v) is 6.10. The van der Waals surface area contributed by atoms with Gasteiger partial charge in [-0.25, -0.2) is 0 Å². The monoisotopic (exact) mass is 258 g/mol. The lowest BCUT2D eigenvalue weighted by Gasteiger charge is -2.19. The van der Waals surface area contributed by atoms with E-state index in [2.05, 4.69) is 24.3 Å². The minimum atomic E-state index is 0.893. The Morgan fingerprint density at radius 1 is 0.684 bits per heavy atom. The van der Waals surface area contributed by atoms with Crippen LogP contribution in [-0.4, -0.2) is 13.2 Å². The number of hydrogen-bond donors (Lipinski definition) is 0. The standard InChI is InChI=1S/C18H26O/c1-3-15-9-13(1)11-17(15)5-7-19-8-6-18-12-14-2-4-16(18)10-14/h1-4,13-18H,5-12H2/t13-,14?,15?,16?,17?,18?/m1/s1. The van der Waals surface area contributed by atoms with Crippen LogP contribution in [0, 0.1) is 35.5 Å². The lowest BCUT2D eigenvalue weighted by atomic mass is 9.90. The highest BCUT2D eigenvalue weighted by Crippen LogP contribution is 2.45. The minimum Gasteiger partial charge on any atom is -0.381 e. The van der Waals surface area contributed by atoms with Crippen molar-refractivity contribution in [2.24, 2.45) is 35.5 Å². The zero-order valence-corrected chi connectivity index (χ0v) is 11.8. The molecular weight excluding hydrogens is 232 g/mol. The summed E-state index contributed by atoms with van der Waals surface area (Å²) in [5, 5.41) is 0. The van der Waals surface area contributed by atoms with Crippen LogP contribution in [0.4, 0.5) is 0 Å². The number of ether oxygens (including phenoxy) is 1. The average molecular weight is 258 g/mol. The summed E-state index contributed by atoms with van der Waals surface area (Å²) in [6.45, 7) is 2.00. The van der Waals surface area contributed by atoms with Gasteiger partial charge in [0, 0.05) is 13.2 Å². The SMILES string of the molecule is C1=CC2CC1CC2CCOCCC1C[C@@H]2C=CC1C2. The van der Waals surface area contributed by atoms with Gasteiger partial charge in [-0.05, 0) is 74.0 Å². The molecule has 0 aromatic heterocycles. The topological polar surface area (TPSA) is 9.23 Å². The van der Waals surface area contributed by atoms with Gasteiger partial charge in [0.1, 0.15) is 0 Å². The number of hydrogen-bond acceptors (Lipinski definition) is 1. The van der Waals surface area contributed by atoms with E-state index in [-0.39, 0.29) is 0 Å². The lowest BCUT2D eigenvalue weighted by Crippen LogP contribution is -2.13. The highest BCUT2D eigenvalue weighted by atomic mass is 16.5. The summed E-state index contributed by atoms with van der Waals surface area (Å²) in [6.07, 6.45) is 18.1. The predicted molar refractivity (Wildman–Crippen MR) is 77.7 cm³/mol. The Morgan fingerprint density at radius 2 is 1.21 bits per heavy atom. The summed E-state index contributed by atoms with van der Waals surface area (Å²) < 4.78 is 5.92. The molecule has 0 aliphatic heterocycles. The van der Waals surface area contributed by atoms with E-state index in [4.69, 9.17) is 4.74 Å². The first-order chi connectivity index (χ1) is 9.38. The molecule has 1 nitrogen and oxygen atoms in total. The van der Waals surface area contributed by atoms with E-state index in [0.717, 1.165) is 48.7 Å². The molecule has 104 valence electrons. The van der Waals surface area contributed by atoms with Crippen molar-refractivity contribution in [2.75, 3.05) is 13.2 Å². The van der Waals surface area contributed by atoms with E-state index in [1.54, 1.807) is 0 Å². The molecule has 6 atom stereocenters. The van der Waals surface area contributed by atoms with Crippen molar-refractivity contribution in [2.45, 2.75) is 38.5 Å². The largest absolute Gasteiger partial charge is 0.381 e. The molecule has 5 unspecified atom stereocenters. The molecule has 0 radical (unpaired) electrons. The summed E-state index contributed by atoms with van der Waals surface area (Å²) in [5.41, 5.74) is 0. The van der Waals surface area contributed by atoms with Crippen molar-refractivity contribution in [1.82, 2.24) is 0 Å². The highest BCUT2D eigenvalue weighted by Gasteiger charge is 2.36. The average Bonchev–Trinajstić information content (AvgIpc) is 3.18. The van der Waals surface area contributed by atoms with E-state index in [0.29, 0.717) is 0 Å². The second-order valence-electron chi connectivity index (χ2n) is 7.27. The van der Waals surface area contributed by atoms with E-state index >= 15 is 0 Å². The van der Waals surface area contributed by atoms with Crippen LogP contribution in [0.1, 0.15) is 38.5 Å². The first-order valence-electron chi connectivity index (χ1n) is 8.33. The van der Waals surface area contributed by atoms with Crippen molar-refractivity contribution in [1.29, 1.82) is 0 Å². The van der Waals surface area contributed by atoms with E-state index in [9.17, 15) is 0 Å². The van der Waals surface area contributed by atoms with Gasteiger partial charge in [-0.1, -0.05) is 24.3 Å². The smallest absolute Gasteiger partial charge is 0.0468 e. The summed E-state index contributed by atoms with van der Waals surface area (Å²) in [6, 6.07) is 0. The third-order valence-electron chi connectivity index (χ3n) is 6.10. The molecule has 4 aliphatic carbocycles. The van der Waals surface area contributed by atoms with Crippen molar-refractivity contribution >= 4 is 0 Å². The Kier molecular flexibility index (Phi) is 3.27. The van der Waals surface area contributed by atoms with Crippen LogP contribution in [0.15, 0.2) is 24.3 Å². The van der Waals surface area contributed by atoms with Crippen molar-refractivity contribution in [3.8, 4) is 0 Å². The van der Waals surface area contributed by atoms with Gasteiger partial charge >= 0.3 is 0 Å². The van der Waals surface area contributed by atoms with Crippen LogP contribution >= 0.6 is 0 Å². The second-order valence-corrected chi connectivity index (χ2v) is 7.27. The molecule has 19 heavy (non-hydrogen) atoms. The van der Waals surface area contributed by atoms with Crippen LogP contribution in [0.2, 0.25) is 0 Å². The minimum absolute atomic E-state index is 0.893. The zero-order valence-electron chi connectivity index (χ0n) is 11.8. The van der Waals surface area contributed by atoms with Gasteiger partial charge in [-0.2, -0.15) is 0 Å². The fourth-order valence-electron chi connectivity index (χ4n) is 5.02. The second kappa shape index (κ2) is 5.09. The normalized spacial score (nSPS) is 45.7. The molecule has 2 saturated carbocycles. The Morgan fingerprint density at radius 3 is 1.58 bits per heavy atom. The van der Waals surface area contributed by atoms with Gasteiger partial charge < -0.3 is 4.74 Å². The van der Waals surface area contributed by atoms with Crippen LogP contribution in [0.25, 0.3) is 0 Å². The molecule has 0 amide bonds. The summed E-state index contributed by atoms with van der Waals surface area (Å²) in [4.78, 5) is 0. The van der Waals surface area contributed by atoms with Gasteiger partial charge in [0.25, 0.3) is 0 Å². The fraction of sp³-hybridized carbons (Fsp3) is 0.778. The quantitative estimate of drug-likeness (QED) is 0.512. The van der Waals surface area contributed by atoms with Gasteiger partial charge in [0.05, 0.1) is 0 Å². The van der Waals surface area contributed by atoms with Crippen molar-refractivity contribution < 1.29 is 4.74 Å². The molecule has 0 heterocycles. The van der Waals surface area contributed by atoms with Gasteiger partial charge in [0.15, 0.2) is 0 Å². The maximum absolute atomic E-state index is 5.92. The lowest BCUT2D eigenvalue weighted by molar-refractivity contribution is 0.101. The summed E-state index contributed by atoms with van der Waals surface area (Å²) in [5.74, 6) is 5.47. The molecule has 0 saturated heterocycles. The van der Waals surface area contributed by atoms with E-state index in [1.807, 2.05) is 0 Å². The van der Waals surface area contributed by atoms with E-state index in [1.165, 1.54) is 38.5 Å². The Hall–Kier alpha value is -0.560. The Labute approximate surface area is 117 Å². The first kappa shape index (κ1) is 12.2. The Balaban J connectivity index is 1.11. The number of fused-ring (bicyclic) bond motifs is 4. The zero-order chi connectivity index (χ0) is 12.7. The van der Waals surface area contributed by atoms with Crippen LogP contribution < -0.4 is 0 Å². The summed E-state index contributed by atoms with van der Waals surface area (Å²) >= 11 is 0. The van der Waals surface area contributed by atoms with Crippen LogP contribution in [0.5, 0.6) is 0 Å². The maximum atomic E-state index is 5.92. The predicted octanol–water partition coefficient (Wildman–Crippen LogP) is 4.21. The molecule has 4 rings (SSSR count). The molecule has 2 fully saturated rings. The third kappa shape index (κ3) is 2.42. The highest BCUT2D eigenvalue weighted by molar-refractivity contribution is 5.10. The summed E-state index contributed by atoms with van der Waals surface area (Å²) in [7, 11) is 0. The fourth-order valence-corrected chi connectivity index (χ4v) is 5.02. The molecule has 0 aromatic rings. The molecule has 4 bridgehead atoms. The molecule has 4 aliphatic rings. The molecule has 0 N–H and O–H groups in total. The molecule has 0 spiro atoms. The van der Waals surface area contributed by atoms with Gasteiger partial charge in [-0.3, -0.25) is 0 Å². The Bertz CT molecular complexity index is 347. The number of allylic oxidation sites excluding steroid dienone is 4. The molecule has 0 aromatic carbocycles. The van der Waals surface area contributed by atoms with Gasteiger partial charge in [-0.15, -0.1) is 0 Å². The van der Waals surface area contributed by atoms with E-state index < -0.39 is 0 Å². The van der Waals surface area contributed by atoms with Crippen LogP contribution in [0.3, 0.4) is 0 Å². The van der Waals surface area contributed by atoms with Gasteiger partial charge in [0.2, 0.25) is 0 Å². The van der Waals surface area contributed by atoms with Crippen molar-refractivity contribution in [3.63, 3.8) is 0 Å². The van der Waals surface area contributed by atoms with Crippen molar-refractivity contribution in [3.05, 3.63) is 24.3 Å². The maximum Gasteiger partial charge on any atom is 0.0468 e. The first-order valence-corrected chi connectivity index (χ1v) is 8.33. The number of rotatable bonds is 6. The molecular formula is C18H26O. The van der Waals surface area contributed by atoms with Crippen LogP contribution in [-0.2, 0) is 4.74 Å². The molecule has 1 heteroatoms.